The normalized spacial score (nSPS) is 23.8. The molecule has 1 aliphatic heterocycles. The van der Waals surface area contributed by atoms with Crippen LogP contribution in [0.2, 0.25) is 0 Å². The molecule has 1 aromatic rings. The predicted molar refractivity (Wildman–Crippen MR) is 71.5 cm³/mol. The number of hydrogen-bond donors (Lipinski definition) is 2. The van der Waals surface area contributed by atoms with Crippen LogP contribution >= 0.6 is 0 Å². The molecule has 1 saturated carbocycles. The molecule has 0 aromatic heterocycles. The Balaban J connectivity index is 1.78. The van der Waals surface area contributed by atoms with Gasteiger partial charge in [0.25, 0.3) is 0 Å². The third kappa shape index (κ3) is 2.14. The molecule has 1 heterocycles. The van der Waals surface area contributed by atoms with E-state index in [0.717, 1.165) is 17.7 Å². The first kappa shape index (κ1) is 11.6. The van der Waals surface area contributed by atoms with Crippen LogP contribution < -0.4 is 10.7 Å². The van der Waals surface area contributed by atoms with Gasteiger partial charge in [0.05, 0.1) is 5.71 Å². The van der Waals surface area contributed by atoms with Crippen LogP contribution in [0.5, 0.6) is 0 Å². The summed E-state index contributed by atoms with van der Waals surface area (Å²) in [6.07, 6.45) is 2.10. The van der Waals surface area contributed by atoms with Gasteiger partial charge in [-0.05, 0) is 30.2 Å². The van der Waals surface area contributed by atoms with Gasteiger partial charge in [0.2, 0.25) is 11.8 Å². The number of nitrogens with zero attached hydrogens (tertiary/aromatic N) is 1. The monoisotopic (exact) mass is 255 g/mol. The largest absolute Gasteiger partial charge is 0.323 e. The number of fused-ring (bicyclic) bond motifs is 1. The number of nitrogens with one attached hydrogen (secondary N) is 2. The number of anilines is 1. The van der Waals surface area contributed by atoms with E-state index in [1.54, 1.807) is 0 Å². The molecule has 0 radical (unpaired) electrons. The Morgan fingerprint density at radius 3 is 2.79 bits per heavy atom. The molecule has 19 heavy (non-hydrogen) atoms. The Morgan fingerprint density at radius 1 is 1.37 bits per heavy atom. The van der Waals surface area contributed by atoms with Crippen LogP contribution in [0.4, 0.5) is 5.69 Å². The van der Waals surface area contributed by atoms with Crippen LogP contribution in [-0.2, 0) is 9.59 Å². The predicted octanol–water partition coefficient (Wildman–Crippen LogP) is 1.28. The number of hydrazone groups is 1. The molecule has 5 heteroatoms. The number of rotatable bonds is 3. The first-order valence-electron chi connectivity index (χ1n) is 6.10. The van der Waals surface area contributed by atoms with Crippen LogP contribution in [0.3, 0.4) is 0 Å². The Hall–Kier alpha value is -2.43. The molecule has 0 spiro atoms. The summed E-state index contributed by atoms with van der Waals surface area (Å²) in [6.45, 7) is 3.40. The van der Waals surface area contributed by atoms with Crippen molar-refractivity contribution in [2.24, 2.45) is 16.9 Å². The lowest BCUT2D eigenvalue weighted by atomic mass is 10.0. The van der Waals surface area contributed by atoms with E-state index in [1.807, 2.05) is 24.3 Å². The fraction of sp³-hybridized carbons (Fsp3) is 0.214. The molecular weight excluding hydrogens is 242 g/mol. The highest BCUT2D eigenvalue weighted by Gasteiger charge is 2.49. The van der Waals surface area contributed by atoms with Crippen LogP contribution in [0, 0.1) is 11.8 Å². The van der Waals surface area contributed by atoms with Crippen LogP contribution in [0.1, 0.15) is 12.0 Å². The van der Waals surface area contributed by atoms with Crippen molar-refractivity contribution in [1.82, 2.24) is 5.43 Å². The highest BCUT2D eigenvalue weighted by Crippen LogP contribution is 2.43. The molecule has 1 aliphatic carbocycles. The molecule has 2 unspecified atom stereocenters. The van der Waals surface area contributed by atoms with Gasteiger partial charge in [-0.15, -0.1) is 0 Å². The third-order valence-electron chi connectivity index (χ3n) is 3.40. The Kier molecular flexibility index (Phi) is 2.67. The van der Waals surface area contributed by atoms with Crippen molar-refractivity contribution in [3.05, 3.63) is 42.5 Å². The molecule has 1 aromatic carbocycles. The second kappa shape index (κ2) is 4.35. The van der Waals surface area contributed by atoms with Gasteiger partial charge in [-0.1, -0.05) is 18.7 Å². The smallest absolute Gasteiger partial charge is 0.247 e. The van der Waals surface area contributed by atoms with E-state index in [4.69, 9.17) is 0 Å². The molecule has 96 valence electrons. The molecule has 2 atom stereocenters. The van der Waals surface area contributed by atoms with Gasteiger partial charge in [-0.3, -0.25) is 9.59 Å². The Morgan fingerprint density at radius 2 is 2.11 bits per heavy atom. The zero-order chi connectivity index (χ0) is 13.4. The van der Waals surface area contributed by atoms with Gasteiger partial charge in [0.15, 0.2) is 0 Å². The van der Waals surface area contributed by atoms with Crippen molar-refractivity contribution in [1.29, 1.82) is 0 Å². The summed E-state index contributed by atoms with van der Waals surface area (Å²) >= 11 is 0. The van der Waals surface area contributed by atoms with Crippen LogP contribution in [0.25, 0.3) is 0 Å². The van der Waals surface area contributed by atoms with Crippen molar-refractivity contribution in [2.75, 3.05) is 5.32 Å². The lowest BCUT2D eigenvalue weighted by Gasteiger charge is -2.12. The molecule has 0 bridgehead atoms. The van der Waals surface area contributed by atoms with E-state index < -0.39 is 0 Å². The van der Waals surface area contributed by atoms with Gasteiger partial charge >= 0.3 is 0 Å². The number of amides is 2. The van der Waals surface area contributed by atoms with Crippen molar-refractivity contribution < 1.29 is 9.59 Å². The minimum atomic E-state index is -0.239. The maximum atomic E-state index is 11.3. The number of carbonyl (C=O) groups is 2. The molecule has 2 N–H and O–H groups in total. The van der Waals surface area contributed by atoms with Crippen LogP contribution in [-0.4, -0.2) is 17.5 Å². The van der Waals surface area contributed by atoms with Crippen LogP contribution in [0.15, 0.2) is 42.0 Å². The summed E-state index contributed by atoms with van der Waals surface area (Å²) in [4.78, 5) is 22.5. The fourth-order valence-electron chi connectivity index (χ4n) is 2.26. The van der Waals surface area contributed by atoms with Crippen molar-refractivity contribution in [3.8, 4) is 0 Å². The molecule has 5 nitrogen and oxygen atoms in total. The van der Waals surface area contributed by atoms with Gasteiger partial charge in [0, 0.05) is 17.5 Å². The molecule has 0 saturated heterocycles. The second-order valence-electron chi connectivity index (χ2n) is 4.69. The van der Waals surface area contributed by atoms with E-state index >= 15 is 0 Å². The topological polar surface area (TPSA) is 70.6 Å². The maximum absolute atomic E-state index is 11.3. The SMILES string of the molecule is C=CC(=O)Nc1ccc(C2=NNC(=O)C3CC23)cc1. The van der Waals surface area contributed by atoms with Gasteiger partial charge < -0.3 is 5.32 Å². The summed E-state index contributed by atoms with van der Waals surface area (Å²) in [5.41, 5.74) is 5.15. The highest BCUT2D eigenvalue weighted by atomic mass is 16.2. The van der Waals surface area contributed by atoms with Crippen molar-refractivity contribution >= 4 is 23.2 Å². The molecule has 2 amide bonds. The molecule has 3 rings (SSSR count). The van der Waals surface area contributed by atoms with E-state index in [1.165, 1.54) is 6.08 Å². The lowest BCUT2D eigenvalue weighted by molar-refractivity contribution is -0.122. The summed E-state index contributed by atoms with van der Waals surface area (Å²) in [7, 11) is 0. The third-order valence-corrected chi connectivity index (χ3v) is 3.40. The fourth-order valence-corrected chi connectivity index (χ4v) is 2.26. The summed E-state index contributed by atoms with van der Waals surface area (Å²) in [5, 5.41) is 6.81. The molecular formula is C14H13N3O2. The maximum Gasteiger partial charge on any atom is 0.247 e. The van der Waals surface area contributed by atoms with Gasteiger partial charge in [-0.25, -0.2) is 5.43 Å². The summed E-state index contributed by atoms with van der Waals surface area (Å²) < 4.78 is 0. The first-order chi connectivity index (χ1) is 9.19. The lowest BCUT2D eigenvalue weighted by Crippen LogP contribution is -2.28. The average molecular weight is 255 g/mol. The average Bonchev–Trinajstić information content (AvgIpc) is 3.21. The Labute approximate surface area is 110 Å². The quantitative estimate of drug-likeness (QED) is 0.799. The minimum Gasteiger partial charge on any atom is -0.323 e. The Bertz CT molecular complexity index is 589. The molecule has 1 fully saturated rings. The van der Waals surface area contributed by atoms with Crippen molar-refractivity contribution in [3.63, 3.8) is 0 Å². The summed E-state index contributed by atoms with van der Waals surface area (Å²) in [6, 6.07) is 7.41. The highest BCUT2D eigenvalue weighted by molar-refractivity contribution is 6.09. The zero-order valence-electron chi connectivity index (χ0n) is 10.2. The molecule has 2 aliphatic rings. The van der Waals surface area contributed by atoms with E-state index in [-0.39, 0.29) is 23.7 Å². The second-order valence-corrected chi connectivity index (χ2v) is 4.69. The van der Waals surface area contributed by atoms with Crippen molar-refractivity contribution in [2.45, 2.75) is 6.42 Å². The number of benzene rings is 1. The zero-order valence-corrected chi connectivity index (χ0v) is 10.2. The van der Waals surface area contributed by atoms with Gasteiger partial charge in [-0.2, -0.15) is 5.10 Å². The minimum absolute atomic E-state index is 0.0172. The first-order valence-corrected chi connectivity index (χ1v) is 6.10. The summed E-state index contributed by atoms with van der Waals surface area (Å²) in [5.74, 6) is 0.121. The number of hydrogen-bond acceptors (Lipinski definition) is 3. The standard InChI is InChI=1S/C14H13N3O2/c1-2-12(18)15-9-5-3-8(4-6-9)13-10-7-11(10)14(19)17-16-13/h2-6,10-11H,1,7H2,(H,15,18)(H,17,19). The van der Waals surface area contributed by atoms with Gasteiger partial charge in [0.1, 0.15) is 0 Å². The van der Waals surface area contributed by atoms with E-state index in [9.17, 15) is 9.59 Å². The van der Waals surface area contributed by atoms with E-state index in [2.05, 4.69) is 22.4 Å². The van der Waals surface area contributed by atoms with E-state index in [0.29, 0.717) is 5.69 Å². The number of carbonyl (C=O) groups excluding carboxylic acids is 2.